The van der Waals surface area contributed by atoms with E-state index in [1.54, 1.807) is 0 Å². The number of rotatable bonds is 55. The fourth-order valence-electron chi connectivity index (χ4n) is 8.81. The largest absolute Gasteiger partial charge is 0.462 e. The molecule has 0 heterocycles. The molecule has 0 spiro atoms. The lowest BCUT2D eigenvalue weighted by atomic mass is 10.0. The minimum absolute atomic E-state index is 0.0734. The second-order valence-electron chi connectivity index (χ2n) is 20.3. The van der Waals surface area contributed by atoms with Crippen LogP contribution in [-0.4, -0.2) is 37.2 Å². The number of ether oxygens (including phenoxy) is 3. The van der Waals surface area contributed by atoms with Crippen molar-refractivity contribution in [3.8, 4) is 0 Å². The first-order valence-corrected chi connectivity index (χ1v) is 30.0. The van der Waals surface area contributed by atoms with Crippen LogP contribution < -0.4 is 0 Å². The molecule has 0 amide bonds. The lowest BCUT2D eigenvalue weighted by Gasteiger charge is -2.18. The molecule has 0 radical (unpaired) electrons. The Hall–Kier alpha value is -2.37. The molecule has 1 atom stereocenters. The van der Waals surface area contributed by atoms with Gasteiger partial charge < -0.3 is 14.2 Å². The van der Waals surface area contributed by atoms with E-state index in [4.69, 9.17) is 14.2 Å². The van der Waals surface area contributed by atoms with Gasteiger partial charge in [0.25, 0.3) is 0 Å². The van der Waals surface area contributed by atoms with E-state index in [2.05, 4.69) is 57.2 Å². The molecule has 0 aliphatic rings. The topological polar surface area (TPSA) is 78.9 Å². The SMILES string of the molecule is CCCC/C=C\CCCCCCCC(=O)OCC(COC(=O)CCCCCCCCCCC/C=C\C/C=C\CCCCCCC)OC(=O)CCCCCCCCCCCCCCCCCCCC. The summed E-state index contributed by atoms with van der Waals surface area (Å²) in [4.78, 5) is 38.1. The molecule has 0 fully saturated rings. The molecule has 0 aromatic carbocycles. The summed E-state index contributed by atoms with van der Waals surface area (Å²) in [7, 11) is 0. The number of hydrogen-bond donors (Lipinski definition) is 0. The average Bonchev–Trinajstić information content (AvgIpc) is 3.34. The molecule has 0 aliphatic carbocycles. The van der Waals surface area contributed by atoms with Crippen molar-refractivity contribution in [2.45, 2.75) is 329 Å². The number of esters is 3. The van der Waals surface area contributed by atoms with Crippen LogP contribution in [0.1, 0.15) is 323 Å². The van der Waals surface area contributed by atoms with Gasteiger partial charge in [-0.15, -0.1) is 0 Å². The molecule has 0 bridgehead atoms. The van der Waals surface area contributed by atoms with Gasteiger partial charge in [-0.2, -0.15) is 0 Å². The average molecular weight is 956 g/mol. The van der Waals surface area contributed by atoms with Crippen LogP contribution in [0.3, 0.4) is 0 Å². The fraction of sp³-hybridized carbons (Fsp3) is 0.855. The van der Waals surface area contributed by atoms with E-state index < -0.39 is 6.10 Å². The first kappa shape index (κ1) is 65.6. The smallest absolute Gasteiger partial charge is 0.306 e. The highest BCUT2D eigenvalue weighted by Gasteiger charge is 2.19. The van der Waals surface area contributed by atoms with Crippen molar-refractivity contribution in [2.75, 3.05) is 13.2 Å². The molecule has 0 saturated carbocycles. The quantitative estimate of drug-likeness (QED) is 0.0262. The van der Waals surface area contributed by atoms with E-state index in [-0.39, 0.29) is 31.1 Å². The molecule has 398 valence electrons. The third-order valence-corrected chi connectivity index (χ3v) is 13.4. The molecule has 68 heavy (non-hydrogen) atoms. The van der Waals surface area contributed by atoms with Gasteiger partial charge in [-0.3, -0.25) is 14.4 Å². The molecule has 0 saturated heterocycles. The van der Waals surface area contributed by atoms with Crippen LogP contribution in [-0.2, 0) is 28.6 Å². The summed E-state index contributed by atoms with van der Waals surface area (Å²) in [6, 6.07) is 0. The number of hydrogen-bond acceptors (Lipinski definition) is 6. The number of unbranched alkanes of at least 4 members (excludes halogenated alkanes) is 38. The predicted octanol–water partition coefficient (Wildman–Crippen LogP) is 20.0. The van der Waals surface area contributed by atoms with Crippen molar-refractivity contribution in [1.82, 2.24) is 0 Å². The standard InChI is InChI=1S/C62H114O6/c1-4-7-10-13-16-19-22-24-26-28-30-31-32-34-35-37-40-43-46-49-52-55-61(64)67-58-59(57-66-60(63)54-51-48-45-42-39-21-18-15-12-9-6-3)68-62(65)56-53-50-47-44-41-38-36-33-29-27-25-23-20-17-14-11-8-5-2/h15,18,22,24,28,30,59H,4-14,16-17,19-21,23,25-27,29,31-58H2,1-3H3/b18-15-,24-22-,30-28-. The van der Waals surface area contributed by atoms with Crippen LogP contribution >= 0.6 is 0 Å². The van der Waals surface area contributed by atoms with E-state index >= 15 is 0 Å². The van der Waals surface area contributed by atoms with Crippen LogP contribution in [0, 0.1) is 0 Å². The zero-order chi connectivity index (χ0) is 49.3. The summed E-state index contributed by atoms with van der Waals surface area (Å²) in [6.45, 7) is 6.63. The third-order valence-electron chi connectivity index (χ3n) is 13.4. The third kappa shape index (κ3) is 54.6. The van der Waals surface area contributed by atoms with Gasteiger partial charge in [-0.1, -0.05) is 269 Å². The maximum atomic E-state index is 12.9. The van der Waals surface area contributed by atoms with Gasteiger partial charge in [-0.05, 0) is 70.6 Å². The summed E-state index contributed by atoms with van der Waals surface area (Å²) in [5.74, 6) is -0.868. The Morgan fingerprint density at radius 3 is 0.868 bits per heavy atom. The molecule has 0 aromatic heterocycles. The van der Waals surface area contributed by atoms with Crippen molar-refractivity contribution in [3.63, 3.8) is 0 Å². The molecule has 6 heteroatoms. The summed E-state index contributed by atoms with van der Waals surface area (Å²) >= 11 is 0. The van der Waals surface area contributed by atoms with E-state index in [9.17, 15) is 14.4 Å². The van der Waals surface area contributed by atoms with E-state index in [0.717, 1.165) is 70.6 Å². The van der Waals surface area contributed by atoms with Gasteiger partial charge in [-0.25, -0.2) is 0 Å². The second kappa shape index (κ2) is 57.2. The van der Waals surface area contributed by atoms with Crippen LogP contribution in [0.5, 0.6) is 0 Å². The molecule has 0 N–H and O–H groups in total. The highest BCUT2D eigenvalue weighted by atomic mass is 16.6. The van der Waals surface area contributed by atoms with E-state index in [0.29, 0.717) is 19.3 Å². The predicted molar refractivity (Wildman–Crippen MR) is 293 cm³/mol. The Kier molecular flexibility index (Phi) is 55.2. The summed E-state index contributed by atoms with van der Waals surface area (Å²) < 4.78 is 16.9. The Morgan fingerprint density at radius 2 is 0.544 bits per heavy atom. The maximum absolute atomic E-state index is 12.9. The van der Waals surface area contributed by atoms with Gasteiger partial charge in [0, 0.05) is 19.3 Å². The normalized spacial score (nSPS) is 12.2. The molecule has 6 nitrogen and oxygen atoms in total. The lowest BCUT2D eigenvalue weighted by molar-refractivity contribution is -0.167. The Labute approximate surface area is 423 Å². The Balaban J connectivity index is 4.28. The molecular weight excluding hydrogens is 841 g/mol. The minimum Gasteiger partial charge on any atom is -0.462 e. The van der Waals surface area contributed by atoms with Crippen molar-refractivity contribution in [2.24, 2.45) is 0 Å². The van der Waals surface area contributed by atoms with Crippen LogP contribution in [0.2, 0.25) is 0 Å². The lowest BCUT2D eigenvalue weighted by Crippen LogP contribution is -2.30. The first-order chi connectivity index (χ1) is 33.5. The second-order valence-corrected chi connectivity index (χ2v) is 20.3. The van der Waals surface area contributed by atoms with Crippen molar-refractivity contribution >= 4 is 17.9 Å². The zero-order valence-electron chi connectivity index (χ0n) is 45.6. The fourth-order valence-corrected chi connectivity index (χ4v) is 8.81. The van der Waals surface area contributed by atoms with Gasteiger partial charge >= 0.3 is 17.9 Å². The summed E-state index contributed by atoms with van der Waals surface area (Å²) in [5, 5.41) is 0. The van der Waals surface area contributed by atoms with Gasteiger partial charge in [0.15, 0.2) is 6.10 Å². The van der Waals surface area contributed by atoms with Crippen molar-refractivity contribution in [1.29, 1.82) is 0 Å². The van der Waals surface area contributed by atoms with Gasteiger partial charge in [0.2, 0.25) is 0 Å². The van der Waals surface area contributed by atoms with Gasteiger partial charge in [0.1, 0.15) is 13.2 Å². The number of carbonyl (C=O) groups is 3. The number of allylic oxidation sites excluding steroid dienone is 6. The van der Waals surface area contributed by atoms with Crippen molar-refractivity contribution in [3.05, 3.63) is 36.5 Å². The minimum atomic E-state index is -0.774. The Bertz CT molecular complexity index is 1140. The van der Waals surface area contributed by atoms with Gasteiger partial charge in [0.05, 0.1) is 0 Å². The Morgan fingerprint density at radius 1 is 0.294 bits per heavy atom. The molecule has 0 rings (SSSR count). The van der Waals surface area contributed by atoms with Crippen LogP contribution in [0.25, 0.3) is 0 Å². The highest BCUT2D eigenvalue weighted by molar-refractivity contribution is 5.71. The molecule has 0 aromatic rings. The zero-order valence-corrected chi connectivity index (χ0v) is 45.6. The van der Waals surface area contributed by atoms with Crippen molar-refractivity contribution < 1.29 is 28.6 Å². The highest BCUT2D eigenvalue weighted by Crippen LogP contribution is 2.17. The summed E-state index contributed by atoms with van der Waals surface area (Å²) in [5.41, 5.74) is 0. The molecule has 0 aliphatic heterocycles. The summed E-state index contributed by atoms with van der Waals surface area (Å²) in [6.07, 6.45) is 68.6. The van der Waals surface area contributed by atoms with E-state index in [1.165, 1.54) is 212 Å². The molecule has 1 unspecified atom stereocenters. The van der Waals surface area contributed by atoms with E-state index in [1.807, 2.05) is 0 Å². The molecular formula is C62H114O6. The monoisotopic (exact) mass is 955 g/mol. The van der Waals surface area contributed by atoms with Crippen LogP contribution in [0.4, 0.5) is 0 Å². The van der Waals surface area contributed by atoms with Crippen LogP contribution in [0.15, 0.2) is 36.5 Å². The first-order valence-electron chi connectivity index (χ1n) is 30.0. The maximum Gasteiger partial charge on any atom is 0.306 e. The number of carbonyl (C=O) groups excluding carboxylic acids is 3.